The highest BCUT2D eigenvalue weighted by Crippen LogP contribution is 2.29. The van der Waals surface area contributed by atoms with Crippen LogP contribution in [-0.4, -0.2) is 52.2 Å². The van der Waals surface area contributed by atoms with Gasteiger partial charge in [0.2, 0.25) is 5.91 Å². The molecule has 0 aliphatic carbocycles. The van der Waals surface area contributed by atoms with Crippen molar-refractivity contribution in [2.75, 3.05) is 32.1 Å². The van der Waals surface area contributed by atoms with Gasteiger partial charge in [0.1, 0.15) is 0 Å². The highest BCUT2D eigenvalue weighted by Gasteiger charge is 2.18. The average molecular weight is 356 g/mol. The Kier molecular flexibility index (Phi) is 5.30. The summed E-state index contributed by atoms with van der Waals surface area (Å²) in [5, 5.41) is 0.626. The lowest BCUT2D eigenvalue weighted by atomic mass is 10.2. The number of ether oxygens (including phenoxy) is 1. The van der Waals surface area contributed by atoms with E-state index in [0.29, 0.717) is 42.9 Å². The van der Waals surface area contributed by atoms with Gasteiger partial charge in [-0.25, -0.2) is 4.98 Å². The van der Waals surface area contributed by atoms with E-state index in [1.54, 1.807) is 0 Å². The van der Waals surface area contributed by atoms with Crippen LogP contribution in [0.3, 0.4) is 0 Å². The zero-order chi connectivity index (χ0) is 15.4. The largest absolute Gasteiger partial charge is 0.378 e. The number of aromatic nitrogens is 2. The highest BCUT2D eigenvalue weighted by atomic mass is 35.5. The summed E-state index contributed by atoms with van der Waals surface area (Å²) in [5.41, 5.74) is 0.812. The van der Waals surface area contributed by atoms with Crippen LogP contribution in [-0.2, 0) is 9.53 Å². The molecule has 0 atom stereocenters. The highest BCUT2D eigenvalue weighted by molar-refractivity contribution is 8.01. The number of halogens is 1. The van der Waals surface area contributed by atoms with Gasteiger partial charge in [0.25, 0.3) is 0 Å². The maximum atomic E-state index is 12.1. The van der Waals surface area contributed by atoms with Crippen molar-refractivity contribution in [2.45, 2.75) is 4.34 Å². The minimum Gasteiger partial charge on any atom is -0.378 e. The second-order valence-corrected chi connectivity index (χ2v) is 7.03. The summed E-state index contributed by atoms with van der Waals surface area (Å²) in [5.74, 6) is 1.09. The van der Waals surface area contributed by atoms with Crippen molar-refractivity contribution < 1.29 is 9.53 Å². The van der Waals surface area contributed by atoms with Gasteiger partial charge in [-0.3, -0.25) is 4.79 Å². The van der Waals surface area contributed by atoms with Gasteiger partial charge in [-0.2, -0.15) is 4.37 Å². The molecule has 1 saturated heterocycles. The summed E-state index contributed by atoms with van der Waals surface area (Å²) < 4.78 is 10.3. The van der Waals surface area contributed by atoms with E-state index < -0.39 is 0 Å². The van der Waals surface area contributed by atoms with Crippen molar-refractivity contribution in [1.82, 2.24) is 14.3 Å². The molecule has 1 aliphatic rings. The number of carbonyl (C=O) groups is 1. The van der Waals surface area contributed by atoms with Gasteiger partial charge < -0.3 is 9.64 Å². The molecule has 1 amide bonds. The third kappa shape index (κ3) is 3.78. The monoisotopic (exact) mass is 355 g/mol. The van der Waals surface area contributed by atoms with Crippen LogP contribution in [0.1, 0.15) is 0 Å². The topological polar surface area (TPSA) is 55.3 Å². The summed E-state index contributed by atoms with van der Waals surface area (Å²) >= 11 is 8.85. The number of amides is 1. The second-order valence-electron chi connectivity index (χ2n) is 4.65. The van der Waals surface area contributed by atoms with Crippen molar-refractivity contribution in [3.8, 4) is 11.4 Å². The molecular formula is C14H14ClN3O2S2. The summed E-state index contributed by atoms with van der Waals surface area (Å²) in [6.45, 7) is 2.57. The van der Waals surface area contributed by atoms with E-state index in [-0.39, 0.29) is 5.91 Å². The summed E-state index contributed by atoms with van der Waals surface area (Å²) in [6.07, 6.45) is 0. The van der Waals surface area contributed by atoms with Crippen LogP contribution < -0.4 is 0 Å². The van der Waals surface area contributed by atoms with Crippen molar-refractivity contribution >= 4 is 40.8 Å². The molecule has 1 aliphatic heterocycles. The molecule has 0 bridgehead atoms. The van der Waals surface area contributed by atoms with E-state index in [4.69, 9.17) is 16.3 Å². The van der Waals surface area contributed by atoms with E-state index in [0.717, 1.165) is 9.90 Å². The van der Waals surface area contributed by atoms with Gasteiger partial charge in [0, 0.05) is 18.7 Å². The first-order chi connectivity index (χ1) is 10.7. The van der Waals surface area contributed by atoms with Gasteiger partial charge in [0.05, 0.1) is 24.0 Å². The summed E-state index contributed by atoms with van der Waals surface area (Å²) in [6, 6.07) is 7.47. The van der Waals surface area contributed by atoms with E-state index in [2.05, 4.69) is 9.36 Å². The van der Waals surface area contributed by atoms with E-state index in [9.17, 15) is 4.79 Å². The van der Waals surface area contributed by atoms with Crippen LogP contribution >= 0.6 is 34.9 Å². The molecule has 0 saturated carbocycles. The third-order valence-electron chi connectivity index (χ3n) is 3.21. The normalized spacial score (nSPS) is 15.0. The van der Waals surface area contributed by atoms with Gasteiger partial charge in [-0.1, -0.05) is 35.5 Å². The van der Waals surface area contributed by atoms with Crippen LogP contribution in [0.5, 0.6) is 0 Å². The maximum absolute atomic E-state index is 12.1. The number of carbonyl (C=O) groups excluding carboxylic acids is 1. The first-order valence-corrected chi connectivity index (χ1v) is 8.94. The molecule has 5 nitrogen and oxygen atoms in total. The fourth-order valence-corrected chi connectivity index (χ4v) is 3.78. The van der Waals surface area contributed by atoms with Gasteiger partial charge in [-0.15, -0.1) is 0 Å². The molecule has 1 aromatic carbocycles. The van der Waals surface area contributed by atoms with E-state index in [1.807, 2.05) is 29.2 Å². The summed E-state index contributed by atoms with van der Waals surface area (Å²) in [4.78, 5) is 18.4. The van der Waals surface area contributed by atoms with Crippen molar-refractivity contribution in [3.63, 3.8) is 0 Å². The lowest BCUT2D eigenvalue weighted by Crippen LogP contribution is -2.41. The zero-order valence-corrected chi connectivity index (χ0v) is 14.1. The lowest BCUT2D eigenvalue weighted by Gasteiger charge is -2.26. The van der Waals surface area contributed by atoms with Gasteiger partial charge >= 0.3 is 0 Å². The minimum atomic E-state index is 0.114. The molecule has 2 aromatic rings. The Morgan fingerprint density at radius 3 is 2.91 bits per heavy atom. The zero-order valence-electron chi connectivity index (χ0n) is 11.7. The lowest BCUT2D eigenvalue weighted by molar-refractivity contribution is -0.132. The molecule has 0 unspecified atom stereocenters. The smallest absolute Gasteiger partial charge is 0.233 e. The fourth-order valence-electron chi connectivity index (χ4n) is 2.05. The maximum Gasteiger partial charge on any atom is 0.233 e. The Morgan fingerprint density at radius 2 is 2.14 bits per heavy atom. The van der Waals surface area contributed by atoms with Crippen LogP contribution in [0.2, 0.25) is 5.02 Å². The number of hydrogen-bond donors (Lipinski definition) is 0. The number of thioether (sulfide) groups is 1. The molecule has 8 heteroatoms. The molecule has 0 spiro atoms. The summed E-state index contributed by atoms with van der Waals surface area (Å²) in [7, 11) is 0. The Hall–Kier alpha value is -1.15. The molecule has 22 heavy (non-hydrogen) atoms. The Morgan fingerprint density at radius 1 is 1.36 bits per heavy atom. The SMILES string of the molecule is O=C(CSc1nc(-c2ccccc2Cl)ns1)N1CCOCC1. The van der Waals surface area contributed by atoms with Crippen LogP contribution in [0, 0.1) is 0 Å². The van der Waals surface area contributed by atoms with Crippen LogP contribution in [0.25, 0.3) is 11.4 Å². The van der Waals surface area contributed by atoms with E-state index in [1.165, 1.54) is 23.3 Å². The van der Waals surface area contributed by atoms with E-state index >= 15 is 0 Å². The molecule has 2 heterocycles. The first-order valence-electron chi connectivity index (χ1n) is 6.81. The molecule has 0 radical (unpaired) electrons. The Labute approximate surface area is 141 Å². The fraction of sp³-hybridized carbons (Fsp3) is 0.357. The number of benzene rings is 1. The minimum absolute atomic E-state index is 0.114. The van der Waals surface area contributed by atoms with Crippen molar-refractivity contribution in [2.24, 2.45) is 0 Å². The molecule has 116 valence electrons. The second kappa shape index (κ2) is 7.41. The van der Waals surface area contributed by atoms with Gasteiger partial charge in [0.15, 0.2) is 10.2 Å². The molecular weight excluding hydrogens is 342 g/mol. The third-order valence-corrected chi connectivity index (χ3v) is 5.35. The predicted octanol–water partition coefficient (Wildman–Crippen LogP) is 2.81. The number of hydrogen-bond acceptors (Lipinski definition) is 6. The molecule has 1 aromatic heterocycles. The van der Waals surface area contributed by atoms with Crippen molar-refractivity contribution in [1.29, 1.82) is 0 Å². The standard InChI is InChI=1S/C14H14ClN3O2S2/c15-11-4-2-1-3-10(11)13-16-14(22-17-13)21-9-12(19)18-5-7-20-8-6-18/h1-4H,5-9H2. The first kappa shape index (κ1) is 15.7. The molecule has 0 N–H and O–H groups in total. The average Bonchev–Trinajstić information content (AvgIpc) is 3.02. The van der Waals surface area contributed by atoms with Crippen LogP contribution in [0.15, 0.2) is 28.6 Å². The number of nitrogens with zero attached hydrogens (tertiary/aromatic N) is 3. The number of morpholine rings is 1. The van der Waals surface area contributed by atoms with Gasteiger partial charge in [-0.05, 0) is 23.7 Å². The molecule has 1 fully saturated rings. The Balaban J connectivity index is 1.60. The molecule has 3 rings (SSSR count). The van der Waals surface area contributed by atoms with Crippen molar-refractivity contribution in [3.05, 3.63) is 29.3 Å². The predicted molar refractivity (Wildman–Crippen MR) is 88.5 cm³/mol. The quantitative estimate of drug-likeness (QED) is 0.789. The Bertz CT molecular complexity index is 659. The van der Waals surface area contributed by atoms with Crippen LogP contribution in [0.4, 0.5) is 0 Å². The number of rotatable bonds is 4.